The second-order valence-electron chi connectivity index (χ2n) is 8.30. The lowest BCUT2D eigenvalue weighted by Gasteiger charge is -2.25. The summed E-state index contributed by atoms with van der Waals surface area (Å²) in [5, 5.41) is 11.2. The van der Waals surface area contributed by atoms with Crippen LogP contribution in [0.15, 0.2) is 72.6 Å². The van der Waals surface area contributed by atoms with Gasteiger partial charge in [-0.2, -0.15) is 0 Å². The minimum absolute atomic E-state index is 0.0846. The van der Waals surface area contributed by atoms with Gasteiger partial charge in [0.1, 0.15) is 17.3 Å². The Balaban J connectivity index is 1.92. The van der Waals surface area contributed by atoms with Gasteiger partial charge in [-0.3, -0.25) is 19.5 Å². The highest BCUT2D eigenvalue weighted by Crippen LogP contribution is 2.43. The molecule has 4 rings (SSSR count). The lowest BCUT2D eigenvalue weighted by molar-refractivity contribution is -0.132. The predicted octanol–water partition coefficient (Wildman–Crippen LogP) is 4.42. The molecule has 0 radical (unpaired) electrons. The number of carbonyl (C=O) groups is 3. The molecule has 0 bridgehead atoms. The Morgan fingerprint density at radius 1 is 1.11 bits per heavy atom. The minimum atomic E-state index is -1.11. The summed E-state index contributed by atoms with van der Waals surface area (Å²) in [4.78, 5) is 44.3. The summed E-state index contributed by atoms with van der Waals surface area (Å²) in [6.07, 6.45) is 2.62. The molecule has 1 atom stereocenters. The number of aliphatic hydroxyl groups is 1. The van der Waals surface area contributed by atoms with Crippen LogP contribution in [-0.2, 0) is 14.3 Å². The Bertz CT molecular complexity index is 1370. The molecule has 1 fully saturated rings. The Labute approximate surface area is 206 Å². The number of amides is 1. The average Bonchev–Trinajstić information content (AvgIpc) is 3.14. The predicted molar refractivity (Wildman–Crippen MR) is 129 cm³/mol. The van der Waals surface area contributed by atoms with Gasteiger partial charge < -0.3 is 14.6 Å². The number of carbonyl (C=O) groups excluding carboxylic acids is 3. The van der Waals surface area contributed by atoms with E-state index < -0.39 is 35.3 Å². The first-order valence-corrected chi connectivity index (χ1v) is 11.1. The zero-order valence-electron chi connectivity index (χ0n) is 19.8. The fourth-order valence-electron chi connectivity index (χ4n) is 4.03. The van der Waals surface area contributed by atoms with Gasteiger partial charge in [0.05, 0.1) is 36.0 Å². The number of ketones is 1. The van der Waals surface area contributed by atoms with Gasteiger partial charge in [-0.25, -0.2) is 9.18 Å². The van der Waals surface area contributed by atoms with E-state index in [4.69, 9.17) is 9.47 Å². The van der Waals surface area contributed by atoms with E-state index in [9.17, 15) is 23.9 Å². The molecule has 1 aromatic heterocycles. The third kappa shape index (κ3) is 4.55. The van der Waals surface area contributed by atoms with Crippen LogP contribution in [-0.4, -0.2) is 41.0 Å². The highest BCUT2D eigenvalue weighted by atomic mass is 19.1. The number of nitrogens with zero attached hydrogens (tertiary/aromatic N) is 2. The van der Waals surface area contributed by atoms with Crippen LogP contribution in [0, 0.1) is 5.82 Å². The lowest BCUT2D eigenvalue weighted by Crippen LogP contribution is -2.29. The van der Waals surface area contributed by atoms with Crippen LogP contribution >= 0.6 is 0 Å². The Hall–Kier alpha value is -4.53. The van der Waals surface area contributed by atoms with E-state index in [1.165, 1.54) is 42.6 Å². The van der Waals surface area contributed by atoms with Crippen molar-refractivity contribution in [3.05, 3.63) is 95.1 Å². The van der Waals surface area contributed by atoms with E-state index in [2.05, 4.69) is 4.98 Å². The molecule has 1 aliphatic heterocycles. The number of halogens is 1. The summed E-state index contributed by atoms with van der Waals surface area (Å²) in [5.41, 5.74) is 0.476. The van der Waals surface area contributed by atoms with E-state index in [-0.39, 0.29) is 34.2 Å². The van der Waals surface area contributed by atoms with Gasteiger partial charge in [0.25, 0.3) is 11.7 Å². The third-order valence-corrected chi connectivity index (χ3v) is 5.56. The number of Topliss-reactive ketones (excluding diaryl/α,β-unsaturated/α-hetero) is 1. The van der Waals surface area contributed by atoms with Gasteiger partial charge in [0.2, 0.25) is 0 Å². The molecule has 36 heavy (non-hydrogen) atoms. The van der Waals surface area contributed by atoms with Gasteiger partial charge >= 0.3 is 5.97 Å². The number of benzene rings is 2. The smallest absolute Gasteiger partial charge is 0.338 e. The average molecular weight is 490 g/mol. The van der Waals surface area contributed by atoms with Crippen LogP contribution < -0.4 is 9.64 Å². The van der Waals surface area contributed by atoms with Gasteiger partial charge in [0, 0.05) is 18.1 Å². The maximum absolute atomic E-state index is 14.1. The number of pyridine rings is 1. The van der Waals surface area contributed by atoms with Crippen LogP contribution in [0.3, 0.4) is 0 Å². The van der Waals surface area contributed by atoms with E-state index in [1.54, 1.807) is 38.1 Å². The SMILES string of the molecule is COc1ccc(F)cc1/C(O)=C1\C(=O)C(=O)N(c2cccc(C(=O)OC(C)C)c2)C1c1cccnc1. The van der Waals surface area contributed by atoms with Crippen LogP contribution in [0.2, 0.25) is 0 Å². The van der Waals surface area contributed by atoms with Crippen molar-refractivity contribution >= 4 is 29.1 Å². The second kappa shape index (κ2) is 9.99. The number of esters is 1. The van der Waals surface area contributed by atoms with Gasteiger partial charge in [0.15, 0.2) is 0 Å². The second-order valence-corrected chi connectivity index (χ2v) is 8.30. The molecule has 8 nitrogen and oxygen atoms in total. The fraction of sp³-hybridized carbons (Fsp3) is 0.185. The normalized spacial score (nSPS) is 16.9. The largest absolute Gasteiger partial charge is 0.507 e. The maximum atomic E-state index is 14.1. The van der Waals surface area contributed by atoms with Crippen LogP contribution in [0.25, 0.3) is 5.76 Å². The molecule has 2 aromatic carbocycles. The number of aliphatic hydroxyl groups excluding tert-OH is 1. The molecule has 1 unspecified atom stereocenters. The van der Waals surface area contributed by atoms with Crippen LogP contribution in [0.1, 0.15) is 41.4 Å². The number of aromatic nitrogens is 1. The monoisotopic (exact) mass is 490 g/mol. The molecule has 1 N–H and O–H groups in total. The van der Waals surface area contributed by atoms with Crippen molar-refractivity contribution in [2.24, 2.45) is 0 Å². The number of anilines is 1. The van der Waals surface area contributed by atoms with E-state index >= 15 is 0 Å². The van der Waals surface area contributed by atoms with Crippen molar-refractivity contribution in [3.63, 3.8) is 0 Å². The molecule has 0 saturated carbocycles. The molecule has 1 aliphatic rings. The first-order chi connectivity index (χ1) is 17.2. The fourth-order valence-corrected chi connectivity index (χ4v) is 4.03. The van der Waals surface area contributed by atoms with E-state index in [0.29, 0.717) is 5.56 Å². The van der Waals surface area contributed by atoms with Gasteiger partial charge in [-0.05, 0) is 61.9 Å². The summed E-state index contributed by atoms with van der Waals surface area (Å²) >= 11 is 0. The molecule has 184 valence electrons. The highest BCUT2D eigenvalue weighted by Gasteiger charge is 2.47. The number of ether oxygens (including phenoxy) is 2. The van der Waals surface area contributed by atoms with E-state index in [0.717, 1.165) is 12.1 Å². The molecule has 1 saturated heterocycles. The van der Waals surface area contributed by atoms with Crippen molar-refractivity contribution in [2.75, 3.05) is 12.0 Å². The molecule has 1 amide bonds. The Morgan fingerprint density at radius 2 is 1.89 bits per heavy atom. The first-order valence-electron chi connectivity index (χ1n) is 11.1. The molecular weight excluding hydrogens is 467 g/mol. The Morgan fingerprint density at radius 3 is 2.56 bits per heavy atom. The van der Waals surface area contributed by atoms with Crippen molar-refractivity contribution < 1.29 is 33.4 Å². The third-order valence-electron chi connectivity index (χ3n) is 5.56. The summed E-state index contributed by atoms with van der Waals surface area (Å²) < 4.78 is 24.6. The number of hydrogen-bond acceptors (Lipinski definition) is 7. The van der Waals surface area contributed by atoms with Crippen LogP contribution in [0.5, 0.6) is 5.75 Å². The summed E-state index contributed by atoms with van der Waals surface area (Å²) in [7, 11) is 1.34. The molecule has 0 aliphatic carbocycles. The van der Waals surface area contributed by atoms with E-state index in [1.807, 2.05) is 0 Å². The summed E-state index contributed by atoms with van der Waals surface area (Å²) in [5.74, 6) is -3.66. The van der Waals surface area contributed by atoms with Crippen molar-refractivity contribution in [1.29, 1.82) is 0 Å². The van der Waals surface area contributed by atoms with Crippen molar-refractivity contribution in [3.8, 4) is 5.75 Å². The topological polar surface area (TPSA) is 106 Å². The van der Waals surface area contributed by atoms with Crippen molar-refractivity contribution in [2.45, 2.75) is 26.0 Å². The lowest BCUT2D eigenvalue weighted by atomic mass is 9.95. The molecule has 2 heterocycles. The maximum Gasteiger partial charge on any atom is 0.338 e. The number of methoxy groups -OCH3 is 1. The number of hydrogen-bond donors (Lipinski definition) is 1. The minimum Gasteiger partial charge on any atom is -0.507 e. The summed E-state index contributed by atoms with van der Waals surface area (Å²) in [6.45, 7) is 3.42. The Kier molecular flexibility index (Phi) is 6.82. The molecule has 0 spiro atoms. The van der Waals surface area contributed by atoms with Crippen LogP contribution in [0.4, 0.5) is 10.1 Å². The zero-order chi connectivity index (χ0) is 26.0. The zero-order valence-corrected chi connectivity index (χ0v) is 19.8. The number of rotatable bonds is 6. The molecular formula is C27H23FN2O6. The first kappa shape index (κ1) is 24.6. The van der Waals surface area contributed by atoms with Gasteiger partial charge in [-0.1, -0.05) is 12.1 Å². The standard InChI is InChI=1S/C27H23FN2O6/c1-15(2)36-27(34)16-6-4-8-19(12-16)30-23(17-7-5-11-29-14-17)22(25(32)26(30)33)24(31)20-13-18(28)9-10-21(20)35-3/h4-15,23,31H,1-3H3/b24-22+. The quantitative estimate of drug-likeness (QED) is 0.236. The van der Waals surface area contributed by atoms with Crippen molar-refractivity contribution in [1.82, 2.24) is 4.98 Å². The summed E-state index contributed by atoms with van der Waals surface area (Å²) in [6, 6.07) is 11.7. The highest BCUT2D eigenvalue weighted by molar-refractivity contribution is 6.51. The molecule has 9 heteroatoms. The molecule has 3 aromatic rings. The van der Waals surface area contributed by atoms with Gasteiger partial charge in [-0.15, -0.1) is 0 Å².